The number of rotatable bonds is 1. The van der Waals surface area contributed by atoms with Gasteiger partial charge in [-0.25, -0.2) is 4.79 Å². The smallest absolute Gasteiger partial charge is 0.352 e. The normalized spacial score (nSPS) is 8.82. The maximum Gasteiger partial charge on any atom is 0.352 e. The summed E-state index contributed by atoms with van der Waals surface area (Å²) >= 11 is 0. The zero-order valence-corrected chi connectivity index (χ0v) is 6.76. The minimum Gasteiger partial charge on any atom is -0.477 e. The van der Waals surface area contributed by atoms with E-state index in [0.717, 1.165) is 0 Å². The van der Waals surface area contributed by atoms with Crippen molar-refractivity contribution in [1.82, 2.24) is 4.57 Å². The summed E-state index contributed by atoms with van der Waals surface area (Å²) in [7, 11) is 1.64. The van der Waals surface area contributed by atoms with Gasteiger partial charge in [-0.15, -0.1) is 12.4 Å². The Morgan fingerprint density at radius 3 is 2.45 bits per heavy atom. The van der Waals surface area contributed by atoms with Gasteiger partial charge >= 0.3 is 5.97 Å². The summed E-state index contributed by atoms with van der Waals surface area (Å²) in [5, 5.41) is 8.50. The van der Waals surface area contributed by atoms with Crippen LogP contribution < -0.4 is 5.73 Å². The average molecular weight is 177 g/mol. The molecule has 0 radical (unpaired) electrons. The van der Waals surface area contributed by atoms with Crippen LogP contribution in [0.3, 0.4) is 0 Å². The van der Waals surface area contributed by atoms with E-state index in [1.165, 1.54) is 10.6 Å². The molecule has 0 saturated heterocycles. The van der Waals surface area contributed by atoms with Crippen LogP contribution in [0, 0.1) is 0 Å². The number of anilines is 1. The molecule has 3 N–H and O–H groups in total. The summed E-state index contributed by atoms with van der Waals surface area (Å²) < 4.78 is 1.47. The van der Waals surface area contributed by atoms with Crippen LogP contribution in [0.2, 0.25) is 0 Å². The first-order chi connectivity index (χ1) is 4.61. The Balaban J connectivity index is 0.000001000. The molecule has 0 bridgehead atoms. The Kier molecular flexibility index (Phi) is 2.95. The number of hydrogen-bond acceptors (Lipinski definition) is 2. The summed E-state index contributed by atoms with van der Waals surface area (Å²) in [4.78, 5) is 10.4. The number of carboxylic acid groups (broad SMARTS) is 1. The Morgan fingerprint density at radius 2 is 2.27 bits per heavy atom. The first-order valence-corrected chi connectivity index (χ1v) is 2.76. The number of aryl methyl sites for hydroxylation is 1. The predicted octanol–water partition coefficient (Wildman–Crippen LogP) is 0.727. The molecule has 11 heavy (non-hydrogen) atoms. The van der Waals surface area contributed by atoms with Crippen molar-refractivity contribution in [3.63, 3.8) is 0 Å². The molecule has 4 nitrogen and oxygen atoms in total. The van der Waals surface area contributed by atoms with Crippen molar-refractivity contribution in [2.24, 2.45) is 7.05 Å². The number of aromatic nitrogens is 1. The predicted molar refractivity (Wildman–Crippen MR) is 44.0 cm³/mol. The van der Waals surface area contributed by atoms with Gasteiger partial charge < -0.3 is 15.4 Å². The highest BCUT2D eigenvalue weighted by atomic mass is 35.5. The highest BCUT2D eigenvalue weighted by Gasteiger charge is 2.06. The van der Waals surface area contributed by atoms with Gasteiger partial charge in [-0.3, -0.25) is 0 Å². The molecular weight excluding hydrogens is 168 g/mol. The van der Waals surface area contributed by atoms with Gasteiger partial charge in [0.05, 0.1) is 5.69 Å². The van der Waals surface area contributed by atoms with Crippen LogP contribution in [0.15, 0.2) is 12.3 Å². The van der Waals surface area contributed by atoms with E-state index in [9.17, 15) is 4.79 Å². The number of hydrogen-bond donors (Lipinski definition) is 2. The fraction of sp³-hybridized carbons (Fsp3) is 0.167. The molecule has 0 aliphatic rings. The maximum atomic E-state index is 10.4. The lowest BCUT2D eigenvalue weighted by atomic mass is 10.4. The fourth-order valence-electron chi connectivity index (χ4n) is 0.803. The van der Waals surface area contributed by atoms with Crippen molar-refractivity contribution in [2.45, 2.75) is 0 Å². The van der Waals surface area contributed by atoms with Gasteiger partial charge in [0.1, 0.15) is 5.69 Å². The van der Waals surface area contributed by atoms with Gasteiger partial charge in [-0.2, -0.15) is 0 Å². The molecule has 1 aromatic rings. The second-order valence-electron chi connectivity index (χ2n) is 2.07. The van der Waals surface area contributed by atoms with Gasteiger partial charge in [-0.05, 0) is 6.07 Å². The number of nitrogens with zero attached hydrogens (tertiary/aromatic N) is 1. The van der Waals surface area contributed by atoms with Crippen molar-refractivity contribution in [1.29, 1.82) is 0 Å². The first-order valence-electron chi connectivity index (χ1n) is 2.76. The van der Waals surface area contributed by atoms with E-state index < -0.39 is 5.97 Å². The summed E-state index contributed by atoms with van der Waals surface area (Å²) in [6, 6.07) is 1.42. The van der Waals surface area contributed by atoms with Crippen LogP contribution >= 0.6 is 12.4 Å². The molecule has 62 valence electrons. The van der Waals surface area contributed by atoms with E-state index in [4.69, 9.17) is 10.8 Å². The Labute approximate surface area is 70.0 Å². The number of carboxylic acids is 1. The lowest BCUT2D eigenvalue weighted by Gasteiger charge is -1.92. The SMILES string of the molecule is Cl.Cn1cc(N)cc1C(=O)O. The van der Waals surface area contributed by atoms with Gasteiger partial charge in [0.25, 0.3) is 0 Å². The Hall–Kier alpha value is -1.16. The maximum absolute atomic E-state index is 10.4. The molecule has 5 heteroatoms. The zero-order valence-electron chi connectivity index (χ0n) is 5.94. The van der Waals surface area contributed by atoms with E-state index in [2.05, 4.69) is 0 Å². The molecule has 0 aliphatic carbocycles. The molecule has 0 saturated carbocycles. The van der Waals surface area contributed by atoms with Crippen LogP contribution in [0.5, 0.6) is 0 Å². The van der Waals surface area contributed by atoms with Crippen molar-refractivity contribution < 1.29 is 9.90 Å². The lowest BCUT2D eigenvalue weighted by molar-refractivity contribution is 0.0686. The minimum absolute atomic E-state index is 0. The van der Waals surface area contributed by atoms with Crippen LogP contribution in [0.4, 0.5) is 5.69 Å². The highest BCUT2D eigenvalue weighted by molar-refractivity contribution is 5.87. The molecular formula is C6H9ClN2O2. The fourth-order valence-corrected chi connectivity index (χ4v) is 0.803. The number of nitrogen functional groups attached to an aromatic ring is 1. The molecule has 1 rings (SSSR count). The summed E-state index contributed by atoms with van der Waals surface area (Å²) in [5.41, 5.74) is 6.01. The second-order valence-corrected chi connectivity index (χ2v) is 2.07. The summed E-state index contributed by atoms with van der Waals surface area (Å²) in [6.07, 6.45) is 1.56. The minimum atomic E-state index is -0.959. The summed E-state index contributed by atoms with van der Waals surface area (Å²) in [6.45, 7) is 0. The van der Waals surface area contributed by atoms with Gasteiger partial charge in [-0.1, -0.05) is 0 Å². The molecule has 0 fully saturated rings. The Morgan fingerprint density at radius 1 is 1.73 bits per heavy atom. The van der Waals surface area contributed by atoms with Crippen LogP contribution in [0.25, 0.3) is 0 Å². The third-order valence-corrected chi connectivity index (χ3v) is 1.25. The van der Waals surface area contributed by atoms with Gasteiger partial charge in [0.15, 0.2) is 0 Å². The molecule has 0 aliphatic heterocycles. The van der Waals surface area contributed by atoms with Crippen LogP contribution in [-0.2, 0) is 7.05 Å². The lowest BCUT2D eigenvalue weighted by Crippen LogP contribution is -2.02. The quantitative estimate of drug-likeness (QED) is 0.663. The van der Waals surface area contributed by atoms with Gasteiger partial charge in [0.2, 0.25) is 0 Å². The van der Waals surface area contributed by atoms with Gasteiger partial charge in [0, 0.05) is 13.2 Å². The van der Waals surface area contributed by atoms with E-state index in [1.807, 2.05) is 0 Å². The molecule has 1 aromatic heterocycles. The van der Waals surface area contributed by atoms with E-state index in [1.54, 1.807) is 13.2 Å². The average Bonchev–Trinajstić information content (AvgIpc) is 2.10. The largest absolute Gasteiger partial charge is 0.477 e. The van der Waals surface area contributed by atoms with E-state index in [-0.39, 0.29) is 18.1 Å². The number of halogens is 1. The molecule has 0 atom stereocenters. The van der Waals surface area contributed by atoms with Crippen LogP contribution in [-0.4, -0.2) is 15.6 Å². The van der Waals surface area contributed by atoms with Crippen LogP contribution in [0.1, 0.15) is 10.5 Å². The topological polar surface area (TPSA) is 68.2 Å². The van der Waals surface area contributed by atoms with Crippen molar-refractivity contribution in [2.75, 3.05) is 5.73 Å². The molecule has 0 spiro atoms. The number of carbonyl (C=O) groups is 1. The number of aromatic carboxylic acids is 1. The van der Waals surface area contributed by atoms with Crippen molar-refractivity contribution in [3.8, 4) is 0 Å². The third kappa shape index (κ3) is 1.88. The standard InChI is InChI=1S/C6H8N2O2.ClH/c1-8-3-4(7)2-5(8)6(9)10;/h2-3H,7H2,1H3,(H,9,10);1H. The Bertz CT molecular complexity index is 270. The number of nitrogens with two attached hydrogens (primary N) is 1. The summed E-state index contributed by atoms with van der Waals surface area (Å²) in [5.74, 6) is -0.959. The first kappa shape index (κ1) is 9.84. The van der Waals surface area contributed by atoms with E-state index in [0.29, 0.717) is 5.69 Å². The molecule has 0 amide bonds. The van der Waals surface area contributed by atoms with E-state index >= 15 is 0 Å². The zero-order chi connectivity index (χ0) is 7.72. The monoisotopic (exact) mass is 176 g/mol. The molecule has 1 heterocycles. The second kappa shape index (κ2) is 3.30. The van der Waals surface area contributed by atoms with Crippen molar-refractivity contribution >= 4 is 24.1 Å². The third-order valence-electron chi connectivity index (χ3n) is 1.25. The molecule has 0 unspecified atom stereocenters. The highest BCUT2D eigenvalue weighted by Crippen LogP contribution is 2.07. The molecule has 0 aromatic carbocycles. The van der Waals surface area contributed by atoms with Crippen molar-refractivity contribution in [3.05, 3.63) is 18.0 Å².